The zero-order chi connectivity index (χ0) is 17.0. The maximum Gasteiger partial charge on any atom is 0.254 e. The molecule has 0 saturated carbocycles. The number of benzene rings is 1. The molecule has 0 unspecified atom stereocenters. The Balaban J connectivity index is 1.67. The molecule has 1 saturated heterocycles. The van der Waals surface area contributed by atoms with E-state index in [-0.39, 0.29) is 5.91 Å². The zero-order valence-corrected chi connectivity index (χ0v) is 14.1. The van der Waals surface area contributed by atoms with Gasteiger partial charge in [-0.25, -0.2) is 0 Å². The molecule has 24 heavy (non-hydrogen) atoms. The van der Waals surface area contributed by atoms with Gasteiger partial charge in [-0.3, -0.25) is 9.78 Å². The predicted octanol–water partition coefficient (Wildman–Crippen LogP) is 2.70. The molecule has 2 aromatic rings. The van der Waals surface area contributed by atoms with Gasteiger partial charge in [0, 0.05) is 31.6 Å². The summed E-state index contributed by atoms with van der Waals surface area (Å²) in [6, 6.07) is 11.4. The number of aryl methyl sites for hydroxylation is 1. The summed E-state index contributed by atoms with van der Waals surface area (Å²) >= 11 is 0. The number of hydrogen-bond donors (Lipinski definition) is 0. The van der Waals surface area contributed by atoms with Crippen molar-refractivity contribution in [1.29, 1.82) is 0 Å². The van der Waals surface area contributed by atoms with Gasteiger partial charge in [-0.15, -0.1) is 0 Å². The maximum atomic E-state index is 12.6. The van der Waals surface area contributed by atoms with Gasteiger partial charge in [-0.1, -0.05) is 18.2 Å². The molecule has 1 aliphatic rings. The topological polar surface area (TPSA) is 51.7 Å². The second kappa shape index (κ2) is 7.01. The molecule has 0 N–H and O–H groups in total. The van der Waals surface area contributed by atoms with Crippen molar-refractivity contribution in [3.05, 3.63) is 59.9 Å². The van der Waals surface area contributed by atoms with E-state index in [1.807, 2.05) is 36.1 Å². The van der Waals surface area contributed by atoms with E-state index in [9.17, 15) is 4.79 Å². The van der Waals surface area contributed by atoms with Crippen molar-refractivity contribution in [2.24, 2.45) is 0 Å². The Morgan fingerprint density at radius 3 is 2.71 bits per heavy atom. The number of para-hydroxylation sites is 1. The van der Waals surface area contributed by atoms with Gasteiger partial charge < -0.3 is 14.4 Å². The fraction of sp³-hybridized carbons (Fsp3) is 0.368. The van der Waals surface area contributed by atoms with Crippen LogP contribution >= 0.6 is 0 Å². The Morgan fingerprint density at radius 1 is 1.25 bits per heavy atom. The highest BCUT2D eigenvalue weighted by Crippen LogP contribution is 2.28. The van der Waals surface area contributed by atoms with Gasteiger partial charge in [-0.05, 0) is 37.1 Å². The van der Waals surface area contributed by atoms with E-state index in [4.69, 9.17) is 9.47 Å². The molecule has 5 nitrogen and oxygen atoms in total. The van der Waals surface area contributed by atoms with E-state index in [1.165, 1.54) is 0 Å². The predicted molar refractivity (Wildman–Crippen MR) is 91.2 cm³/mol. The molecule has 0 aliphatic carbocycles. The van der Waals surface area contributed by atoms with Crippen LogP contribution in [-0.2, 0) is 4.74 Å². The van der Waals surface area contributed by atoms with Crippen molar-refractivity contribution in [2.45, 2.75) is 18.9 Å². The number of aromatic nitrogens is 1. The lowest BCUT2D eigenvalue weighted by molar-refractivity contribution is -0.0344. The lowest BCUT2D eigenvalue weighted by atomic mass is 10.0. The second-order valence-corrected chi connectivity index (χ2v) is 6.15. The van der Waals surface area contributed by atoms with Gasteiger partial charge in [0.2, 0.25) is 0 Å². The summed E-state index contributed by atoms with van der Waals surface area (Å²) in [7, 11) is 1.68. The Labute approximate surface area is 142 Å². The summed E-state index contributed by atoms with van der Waals surface area (Å²) in [5.41, 5.74) is 1.27. The van der Waals surface area contributed by atoms with Crippen LogP contribution in [0.4, 0.5) is 0 Å². The molecule has 1 amide bonds. The molecule has 1 aromatic carbocycles. The number of methoxy groups -OCH3 is 1. The monoisotopic (exact) mass is 326 g/mol. The van der Waals surface area contributed by atoms with Crippen molar-refractivity contribution in [3.63, 3.8) is 0 Å². The molecule has 1 atom stereocenters. The molecule has 0 bridgehead atoms. The third kappa shape index (κ3) is 3.41. The van der Waals surface area contributed by atoms with Gasteiger partial charge in [0.1, 0.15) is 18.0 Å². The van der Waals surface area contributed by atoms with E-state index in [0.717, 1.165) is 17.7 Å². The average Bonchev–Trinajstić information content (AvgIpc) is 3.06. The number of likely N-dealkylation sites (tertiary alicyclic amines) is 1. The van der Waals surface area contributed by atoms with Crippen molar-refractivity contribution >= 4 is 5.91 Å². The van der Waals surface area contributed by atoms with Crippen molar-refractivity contribution in [2.75, 3.05) is 26.8 Å². The van der Waals surface area contributed by atoms with Gasteiger partial charge in [0.25, 0.3) is 5.91 Å². The van der Waals surface area contributed by atoms with Crippen LogP contribution in [0.3, 0.4) is 0 Å². The Kier molecular flexibility index (Phi) is 4.81. The number of nitrogens with zero attached hydrogens (tertiary/aromatic N) is 2. The molecule has 3 rings (SSSR count). The molecule has 1 fully saturated rings. The Bertz CT molecular complexity index is 705. The van der Waals surface area contributed by atoms with Crippen LogP contribution in [0, 0.1) is 6.92 Å². The summed E-state index contributed by atoms with van der Waals surface area (Å²) < 4.78 is 11.7. The fourth-order valence-electron chi connectivity index (χ4n) is 2.97. The number of carbonyl (C=O) groups is 1. The minimum absolute atomic E-state index is 0.00668. The minimum Gasteiger partial charge on any atom is -0.490 e. The Morgan fingerprint density at radius 2 is 2.00 bits per heavy atom. The normalized spacial score (nSPS) is 20.2. The smallest absolute Gasteiger partial charge is 0.254 e. The number of ether oxygens (including phenoxy) is 2. The highest BCUT2D eigenvalue weighted by atomic mass is 16.5. The summed E-state index contributed by atoms with van der Waals surface area (Å²) in [6.45, 7) is 3.62. The number of pyridine rings is 1. The summed E-state index contributed by atoms with van der Waals surface area (Å²) in [4.78, 5) is 18.4. The number of rotatable bonds is 5. The summed E-state index contributed by atoms with van der Waals surface area (Å²) in [6.07, 6.45) is 4.02. The highest BCUT2D eigenvalue weighted by Gasteiger charge is 2.41. The second-order valence-electron chi connectivity index (χ2n) is 6.15. The van der Waals surface area contributed by atoms with Gasteiger partial charge in [-0.2, -0.15) is 0 Å². The molecule has 2 heterocycles. The zero-order valence-electron chi connectivity index (χ0n) is 14.1. The fourth-order valence-corrected chi connectivity index (χ4v) is 2.97. The van der Waals surface area contributed by atoms with E-state index in [0.29, 0.717) is 25.3 Å². The van der Waals surface area contributed by atoms with Gasteiger partial charge >= 0.3 is 0 Å². The molecule has 1 aliphatic heterocycles. The van der Waals surface area contributed by atoms with Gasteiger partial charge in [0.05, 0.1) is 6.54 Å². The first kappa shape index (κ1) is 16.5. The first-order valence-corrected chi connectivity index (χ1v) is 8.06. The standard InChI is InChI=1S/C19H22N2O3/c1-15-5-3-4-6-17(15)24-14-19(23-2)9-12-21(13-19)18(22)16-7-10-20-11-8-16/h3-8,10-11H,9,12-14H2,1-2H3/t19-/m0/s1. The van der Waals surface area contributed by atoms with E-state index >= 15 is 0 Å². The first-order chi connectivity index (χ1) is 11.6. The quantitative estimate of drug-likeness (QED) is 0.848. The largest absolute Gasteiger partial charge is 0.490 e. The molecular weight excluding hydrogens is 304 g/mol. The third-order valence-corrected chi connectivity index (χ3v) is 4.55. The van der Waals surface area contributed by atoms with Crippen LogP contribution in [0.2, 0.25) is 0 Å². The van der Waals surface area contributed by atoms with E-state index in [2.05, 4.69) is 4.98 Å². The van der Waals surface area contributed by atoms with E-state index in [1.54, 1.807) is 31.6 Å². The maximum absolute atomic E-state index is 12.6. The van der Waals surface area contributed by atoms with Crippen LogP contribution in [0.15, 0.2) is 48.8 Å². The molecular formula is C19H22N2O3. The number of hydrogen-bond acceptors (Lipinski definition) is 4. The molecule has 126 valence electrons. The van der Waals surface area contributed by atoms with Crippen molar-refractivity contribution in [1.82, 2.24) is 9.88 Å². The van der Waals surface area contributed by atoms with Crippen LogP contribution < -0.4 is 4.74 Å². The Hall–Kier alpha value is -2.40. The molecule has 1 aromatic heterocycles. The average molecular weight is 326 g/mol. The van der Waals surface area contributed by atoms with Crippen LogP contribution in [-0.4, -0.2) is 48.2 Å². The first-order valence-electron chi connectivity index (χ1n) is 8.06. The van der Waals surface area contributed by atoms with E-state index < -0.39 is 5.60 Å². The SMILES string of the molecule is CO[C@@]1(COc2ccccc2C)CCN(C(=O)c2ccncc2)C1. The minimum atomic E-state index is -0.467. The van der Waals surface area contributed by atoms with Crippen LogP contribution in [0.1, 0.15) is 22.3 Å². The van der Waals surface area contributed by atoms with Crippen molar-refractivity contribution in [3.8, 4) is 5.75 Å². The lowest BCUT2D eigenvalue weighted by Gasteiger charge is -2.28. The molecule has 0 spiro atoms. The molecule has 0 radical (unpaired) electrons. The number of carbonyl (C=O) groups excluding carboxylic acids is 1. The van der Waals surface area contributed by atoms with Crippen molar-refractivity contribution < 1.29 is 14.3 Å². The molecule has 5 heteroatoms. The summed E-state index contributed by atoms with van der Waals surface area (Å²) in [5, 5.41) is 0. The van der Waals surface area contributed by atoms with Gasteiger partial charge in [0.15, 0.2) is 0 Å². The third-order valence-electron chi connectivity index (χ3n) is 4.55. The lowest BCUT2D eigenvalue weighted by Crippen LogP contribution is -2.42. The number of amides is 1. The van der Waals surface area contributed by atoms with Crippen LogP contribution in [0.5, 0.6) is 5.75 Å². The van der Waals surface area contributed by atoms with Crippen LogP contribution in [0.25, 0.3) is 0 Å². The summed E-state index contributed by atoms with van der Waals surface area (Å²) in [5.74, 6) is 0.861. The highest BCUT2D eigenvalue weighted by molar-refractivity contribution is 5.94.